The van der Waals surface area contributed by atoms with Crippen LogP contribution in [-0.2, 0) is 4.79 Å². The first kappa shape index (κ1) is 16.4. The van der Waals surface area contributed by atoms with E-state index in [2.05, 4.69) is 15.5 Å². The second kappa shape index (κ2) is 7.00. The van der Waals surface area contributed by atoms with Gasteiger partial charge < -0.3 is 15.2 Å². The van der Waals surface area contributed by atoms with Gasteiger partial charge in [-0.25, -0.2) is 0 Å². The van der Waals surface area contributed by atoms with Crippen molar-refractivity contribution in [2.24, 2.45) is 0 Å². The summed E-state index contributed by atoms with van der Waals surface area (Å²) in [6.07, 6.45) is 2.85. The van der Waals surface area contributed by atoms with Crippen molar-refractivity contribution in [1.29, 1.82) is 0 Å². The molecule has 0 aliphatic carbocycles. The fourth-order valence-corrected chi connectivity index (χ4v) is 2.47. The smallest absolute Gasteiger partial charge is 0.305 e. The van der Waals surface area contributed by atoms with E-state index >= 15 is 0 Å². The lowest BCUT2D eigenvalue weighted by Crippen LogP contribution is -2.30. The third-order valence-corrected chi connectivity index (χ3v) is 3.76. The van der Waals surface area contributed by atoms with Gasteiger partial charge in [-0.1, -0.05) is 12.1 Å². The summed E-state index contributed by atoms with van der Waals surface area (Å²) in [5.41, 5.74) is 1.69. The second-order valence-corrected chi connectivity index (χ2v) is 5.41. The molecular formula is C17H16N4O4. The third-order valence-electron chi connectivity index (χ3n) is 3.76. The van der Waals surface area contributed by atoms with Crippen LogP contribution in [0.15, 0.2) is 48.9 Å². The van der Waals surface area contributed by atoms with Crippen molar-refractivity contribution in [3.63, 3.8) is 0 Å². The number of benzene rings is 1. The zero-order valence-corrected chi connectivity index (χ0v) is 13.4. The summed E-state index contributed by atoms with van der Waals surface area (Å²) in [6, 6.07) is 9.53. The van der Waals surface area contributed by atoms with Gasteiger partial charge in [0.15, 0.2) is 5.65 Å². The minimum absolute atomic E-state index is 0.229. The maximum Gasteiger partial charge on any atom is 0.305 e. The van der Waals surface area contributed by atoms with Crippen LogP contribution in [0.25, 0.3) is 5.65 Å². The molecule has 0 aliphatic heterocycles. The molecule has 3 aromatic rings. The highest BCUT2D eigenvalue weighted by molar-refractivity contribution is 5.94. The van der Waals surface area contributed by atoms with Crippen molar-refractivity contribution in [2.45, 2.75) is 12.5 Å². The van der Waals surface area contributed by atoms with Gasteiger partial charge in [-0.2, -0.15) is 0 Å². The maximum atomic E-state index is 12.5. The van der Waals surface area contributed by atoms with Crippen LogP contribution in [0.3, 0.4) is 0 Å². The predicted octanol–water partition coefficient (Wildman–Crippen LogP) is 1.68. The van der Waals surface area contributed by atoms with Crippen molar-refractivity contribution in [2.75, 3.05) is 7.11 Å². The molecule has 2 aromatic heterocycles. The first-order valence-corrected chi connectivity index (χ1v) is 7.53. The van der Waals surface area contributed by atoms with Crippen LogP contribution < -0.4 is 10.1 Å². The van der Waals surface area contributed by atoms with Gasteiger partial charge in [0.2, 0.25) is 0 Å². The number of hydrogen-bond acceptors (Lipinski definition) is 5. The first-order valence-electron chi connectivity index (χ1n) is 7.53. The number of methoxy groups -OCH3 is 1. The van der Waals surface area contributed by atoms with E-state index in [1.165, 1.54) is 6.33 Å². The van der Waals surface area contributed by atoms with Crippen molar-refractivity contribution in [3.05, 3.63) is 60.0 Å². The number of fused-ring (bicyclic) bond motifs is 1. The number of carbonyl (C=O) groups excluding carboxylic acids is 1. The van der Waals surface area contributed by atoms with E-state index in [0.29, 0.717) is 22.5 Å². The SMILES string of the molecule is COc1ccc(C(CC(=O)O)NC(=O)c2ccc3nncn3c2)cc1. The molecule has 8 nitrogen and oxygen atoms in total. The van der Waals surface area contributed by atoms with Crippen molar-refractivity contribution in [3.8, 4) is 5.75 Å². The Morgan fingerprint density at radius 1 is 1.24 bits per heavy atom. The van der Waals surface area contributed by atoms with Crippen LogP contribution in [0.1, 0.15) is 28.4 Å². The van der Waals surface area contributed by atoms with Gasteiger partial charge in [0, 0.05) is 6.20 Å². The lowest BCUT2D eigenvalue weighted by Gasteiger charge is -2.18. The van der Waals surface area contributed by atoms with Gasteiger partial charge in [-0.15, -0.1) is 10.2 Å². The van der Waals surface area contributed by atoms with E-state index in [1.807, 2.05) is 0 Å². The van der Waals surface area contributed by atoms with Crippen molar-refractivity contribution in [1.82, 2.24) is 19.9 Å². The Labute approximate surface area is 143 Å². The second-order valence-electron chi connectivity index (χ2n) is 5.41. The molecule has 1 atom stereocenters. The topological polar surface area (TPSA) is 106 Å². The molecule has 0 bridgehead atoms. The van der Waals surface area contributed by atoms with Gasteiger partial charge in [-0.3, -0.25) is 14.0 Å². The summed E-state index contributed by atoms with van der Waals surface area (Å²) in [6.45, 7) is 0. The number of pyridine rings is 1. The Bertz CT molecular complexity index is 904. The van der Waals surface area contributed by atoms with E-state index in [0.717, 1.165) is 0 Å². The van der Waals surface area contributed by atoms with Crippen LogP contribution >= 0.6 is 0 Å². The van der Waals surface area contributed by atoms with E-state index in [-0.39, 0.29) is 12.3 Å². The molecule has 2 N–H and O–H groups in total. The Morgan fingerprint density at radius 3 is 2.68 bits per heavy atom. The molecule has 0 fully saturated rings. The van der Waals surface area contributed by atoms with E-state index < -0.39 is 12.0 Å². The molecule has 8 heteroatoms. The fourth-order valence-electron chi connectivity index (χ4n) is 2.47. The molecule has 128 valence electrons. The Balaban J connectivity index is 1.82. The van der Waals surface area contributed by atoms with Crippen molar-refractivity contribution < 1.29 is 19.4 Å². The van der Waals surface area contributed by atoms with Gasteiger partial charge in [0.1, 0.15) is 12.1 Å². The standard InChI is InChI=1S/C17H16N4O4/c1-25-13-5-2-11(3-6-13)14(8-16(22)23)19-17(24)12-4-7-15-20-18-10-21(15)9-12/h2-7,9-10,14H,8H2,1H3,(H,19,24)(H,22,23). The molecule has 2 heterocycles. The Kier molecular flexibility index (Phi) is 4.60. The number of carboxylic acids is 1. The van der Waals surface area contributed by atoms with E-state index in [4.69, 9.17) is 9.84 Å². The molecule has 25 heavy (non-hydrogen) atoms. The number of rotatable bonds is 6. The van der Waals surface area contributed by atoms with Gasteiger partial charge >= 0.3 is 5.97 Å². The van der Waals surface area contributed by atoms with Gasteiger partial charge in [-0.05, 0) is 29.8 Å². The fraction of sp³-hybridized carbons (Fsp3) is 0.176. The molecule has 0 spiro atoms. The van der Waals surface area contributed by atoms with E-state index in [9.17, 15) is 9.59 Å². The monoisotopic (exact) mass is 340 g/mol. The number of nitrogens with one attached hydrogen (secondary N) is 1. The highest BCUT2D eigenvalue weighted by Gasteiger charge is 2.19. The van der Waals surface area contributed by atoms with Crippen LogP contribution in [0.4, 0.5) is 0 Å². The number of ether oxygens (including phenoxy) is 1. The molecule has 0 saturated heterocycles. The minimum atomic E-state index is -1.00. The maximum absolute atomic E-state index is 12.5. The number of hydrogen-bond donors (Lipinski definition) is 2. The zero-order chi connectivity index (χ0) is 17.8. The molecular weight excluding hydrogens is 324 g/mol. The predicted molar refractivity (Wildman–Crippen MR) is 88.4 cm³/mol. The number of aromatic nitrogens is 3. The summed E-state index contributed by atoms with van der Waals surface area (Å²) in [5.74, 6) is -0.727. The molecule has 3 rings (SSSR count). The van der Waals surface area contributed by atoms with Crippen LogP contribution in [-0.4, -0.2) is 38.7 Å². The van der Waals surface area contributed by atoms with Crippen LogP contribution in [0, 0.1) is 0 Å². The van der Waals surface area contributed by atoms with Gasteiger partial charge in [0.05, 0.1) is 25.1 Å². The third kappa shape index (κ3) is 3.74. The highest BCUT2D eigenvalue weighted by Crippen LogP contribution is 2.21. The molecule has 1 amide bonds. The largest absolute Gasteiger partial charge is 0.497 e. The quantitative estimate of drug-likeness (QED) is 0.707. The molecule has 1 aromatic carbocycles. The zero-order valence-electron chi connectivity index (χ0n) is 13.4. The molecule has 0 aliphatic rings. The molecule has 0 saturated carbocycles. The normalized spacial score (nSPS) is 11.9. The summed E-state index contributed by atoms with van der Waals surface area (Å²) in [7, 11) is 1.55. The summed E-state index contributed by atoms with van der Waals surface area (Å²) in [5, 5.41) is 19.5. The lowest BCUT2D eigenvalue weighted by atomic mass is 10.0. The number of aliphatic carboxylic acids is 1. The van der Waals surface area contributed by atoms with Gasteiger partial charge in [0.25, 0.3) is 5.91 Å². The van der Waals surface area contributed by atoms with E-state index in [1.54, 1.807) is 54.1 Å². The number of carboxylic acid groups (broad SMARTS) is 1. The summed E-state index contributed by atoms with van der Waals surface area (Å²) >= 11 is 0. The summed E-state index contributed by atoms with van der Waals surface area (Å²) in [4.78, 5) is 23.7. The number of amides is 1. The average Bonchev–Trinajstić information content (AvgIpc) is 3.08. The van der Waals surface area contributed by atoms with Crippen molar-refractivity contribution >= 4 is 17.5 Å². The lowest BCUT2D eigenvalue weighted by molar-refractivity contribution is -0.137. The number of carbonyl (C=O) groups is 2. The average molecular weight is 340 g/mol. The summed E-state index contributed by atoms with van der Waals surface area (Å²) < 4.78 is 6.71. The van der Waals surface area contributed by atoms with Crippen LogP contribution in [0.2, 0.25) is 0 Å². The number of nitrogens with zero attached hydrogens (tertiary/aromatic N) is 3. The Hall–Kier alpha value is -3.42. The minimum Gasteiger partial charge on any atom is -0.497 e. The highest BCUT2D eigenvalue weighted by atomic mass is 16.5. The Morgan fingerprint density at radius 2 is 2.00 bits per heavy atom. The first-order chi connectivity index (χ1) is 12.1. The molecule has 0 radical (unpaired) electrons. The van der Waals surface area contributed by atoms with Crippen LogP contribution in [0.5, 0.6) is 5.75 Å². The molecule has 1 unspecified atom stereocenters.